The van der Waals surface area contributed by atoms with Crippen LogP contribution in [0.5, 0.6) is 0 Å². The van der Waals surface area contributed by atoms with Crippen molar-refractivity contribution in [3.8, 4) is 0 Å². The first-order valence-corrected chi connectivity index (χ1v) is 15.1. The zero-order chi connectivity index (χ0) is 26.7. The molecule has 1 heterocycles. The van der Waals surface area contributed by atoms with Gasteiger partial charge in [-0.1, -0.05) is 0 Å². The molecule has 5 aliphatic rings. The SMILES string of the molecule is CC(Nc1cc(N2CCN(S(=O)(=O)c3ccc(F)cc3)CC2)ccc1[N+](=O)[O-])C12CC3CC(CC(C3)C1)C2. The Morgan fingerprint density at radius 1 is 0.974 bits per heavy atom. The van der Waals surface area contributed by atoms with Gasteiger partial charge in [-0.25, -0.2) is 12.8 Å². The molecule has 4 aliphatic carbocycles. The van der Waals surface area contributed by atoms with Crippen molar-refractivity contribution in [1.29, 1.82) is 0 Å². The molecule has 1 saturated heterocycles. The van der Waals surface area contributed by atoms with Crippen LogP contribution < -0.4 is 10.2 Å². The predicted octanol–water partition coefficient (Wildman–Crippen LogP) is 5.26. The van der Waals surface area contributed by atoms with Crippen LogP contribution in [-0.4, -0.2) is 49.9 Å². The van der Waals surface area contributed by atoms with Gasteiger partial charge in [0.15, 0.2) is 0 Å². The number of piperazine rings is 1. The lowest BCUT2D eigenvalue weighted by Crippen LogP contribution is -2.53. The quantitative estimate of drug-likeness (QED) is 0.379. The highest BCUT2D eigenvalue weighted by Gasteiger charge is 2.53. The Hall–Kier alpha value is -2.72. The van der Waals surface area contributed by atoms with E-state index < -0.39 is 15.8 Å². The highest BCUT2D eigenvalue weighted by Crippen LogP contribution is 2.61. The topological polar surface area (TPSA) is 95.8 Å². The minimum absolute atomic E-state index is 0.0721. The molecule has 38 heavy (non-hydrogen) atoms. The number of nitrogens with zero attached hydrogens (tertiary/aromatic N) is 3. The van der Waals surface area contributed by atoms with Crippen LogP contribution in [-0.2, 0) is 10.0 Å². The van der Waals surface area contributed by atoms with E-state index in [1.807, 2.05) is 6.07 Å². The van der Waals surface area contributed by atoms with Crippen LogP contribution in [0.4, 0.5) is 21.5 Å². The van der Waals surface area contributed by atoms with Gasteiger partial charge in [-0.05, 0) is 105 Å². The van der Waals surface area contributed by atoms with E-state index in [4.69, 9.17) is 0 Å². The van der Waals surface area contributed by atoms with Crippen LogP contribution in [0.1, 0.15) is 45.4 Å². The minimum Gasteiger partial charge on any atom is -0.376 e. The number of hydrogen-bond donors (Lipinski definition) is 1. The lowest BCUT2D eigenvalue weighted by Gasteiger charge is -2.59. The molecular formula is C28H35FN4O4S. The maximum Gasteiger partial charge on any atom is 0.292 e. The summed E-state index contributed by atoms with van der Waals surface area (Å²) in [5, 5.41) is 15.5. The van der Waals surface area contributed by atoms with E-state index in [-0.39, 0.29) is 40.1 Å². The number of nitrogens with one attached hydrogen (secondary N) is 1. The summed E-state index contributed by atoms with van der Waals surface area (Å²) in [4.78, 5) is 13.7. The van der Waals surface area contributed by atoms with Gasteiger partial charge in [-0.15, -0.1) is 0 Å². The lowest BCUT2D eigenvalue weighted by molar-refractivity contribution is -0.384. The van der Waals surface area contributed by atoms with E-state index in [2.05, 4.69) is 17.1 Å². The fourth-order valence-electron chi connectivity index (χ4n) is 8.03. The van der Waals surface area contributed by atoms with Crippen molar-refractivity contribution in [2.45, 2.75) is 56.4 Å². The van der Waals surface area contributed by atoms with Crippen LogP contribution in [0, 0.1) is 39.1 Å². The Morgan fingerprint density at radius 3 is 2.11 bits per heavy atom. The number of rotatable bonds is 7. The molecule has 7 rings (SSSR count). The first-order chi connectivity index (χ1) is 18.1. The third-order valence-electron chi connectivity index (χ3n) is 9.61. The minimum atomic E-state index is -3.71. The van der Waals surface area contributed by atoms with Crippen molar-refractivity contribution in [2.75, 3.05) is 36.4 Å². The standard InChI is InChI=1S/C28H35FN4O4S/c1-19(28-16-20-12-21(17-28)14-22(13-20)18-28)30-26-15-24(4-7-27(26)33(34)35)31-8-10-32(11-9-31)38(36,37)25-5-2-23(29)3-6-25/h2-7,15,19-22,30H,8-14,16-18H2,1H3. The zero-order valence-electron chi connectivity index (χ0n) is 21.7. The second-order valence-corrected chi connectivity index (χ2v) is 13.9. The monoisotopic (exact) mass is 542 g/mol. The van der Waals surface area contributed by atoms with E-state index in [9.17, 15) is 22.9 Å². The fraction of sp³-hybridized carbons (Fsp3) is 0.571. The molecule has 2 aromatic rings. The molecule has 5 fully saturated rings. The molecule has 1 N–H and O–H groups in total. The van der Waals surface area contributed by atoms with E-state index >= 15 is 0 Å². The number of nitro benzene ring substituents is 1. The molecule has 0 radical (unpaired) electrons. The summed E-state index contributed by atoms with van der Waals surface area (Å²) in [6, 6.07) is 10.2. The van der Waals surface area contributed by atoms with Gasteiger partial charge in [-0.2, -0.15) is 4.31 Å². The smallest absolute Gasteiger partial charge is 0.292 e. The Kier molecular flexibility index (Phi) is 6.38. The third-order valence-corrected chi connectivity index (χ3v) is 11.5. The van der Waals surface area contributed by atoms with E-state index in [0.717, 1.165) is 35.6 Å². The zero-order valence-corrected chi connectivity index (χ0v) is 22.5. The third kappa shape index (κ3) is 4.55. The van der Waals surface area contributed by atoms with Crippen molar-refractivity contribution in [3.63, 3.8) is 0 Å². The van der Waals surface area contributed by atoms with Crippen LogP contribution in [0.25, 0.3) is 0 Å². The second kappa shape index (κ2) is 9.48. The Labute approximate surface area is 223 Å². The number of nitro groups is 1. The molecule has 1 atom stereocenters. The maximum atomic E-state index is 13.3. The predicted molar refractivity (Wildman–Crippen MR) is 144 cm³/mol. The summed E-state index contributed by atoms with van der Waals surface area (Å²) in [5.41, 5.74) is 1.66. The fourth-order valence-corrected chi connectivity index (χ4v) is 9.45. The highest BCUT2D eigenvalue weighted by molar-refractivity contribution is 7.89. The van der Waals surface area contributed by atoms with Gasteiger partial charge < -0.3 is 10.2 Å². The number of benzene rings is 2. The van der Waals surface area contributed by atoms with Crippen LogP contribution in [0.3, 0.4) is 0 Å². The second-order valence-electron chi connectivity index (χ2n) is 11.9. The van der Waals surface area contributed by atoms with Gasteiger partial charge in [0.25, 0.3) is 5.69 Å². The largest absolute Gasteiger partial charge is 0.376 e. The number of sulfonamides is 1. The van der Waals surface area contributed by atoms with Gasteiger partial charge in [0.2, 0.25) is 10.0 Å². The van der Waals surface area contributed by atoms with Gasteiger partial charge in [-0.3, -0.25) is 10.1 Å². The molecule has 4 saturated carbocycles. The molecule has 4 bridgehead atoms. The molecule has 1 unspecified atom stereocenters. The van der Waals surface area contributed by atoms with Crippen LogP contribution in [0.2, 0.25) is 0 Å². The maximum absolute atomic E-state index is 13.3. The number of hydrogen-bond acceptors (Lipinski definition) is 6. The Balaban J connectivity index is 1.18. The van der Waals surface area contributed by atoms with E-state index in [1.54, 1.807) is 12.1 Å². The first-order valence-electron chi connectivity index (χ1n) is 13.7. The van der Waals surface area contributed by atoms with Gasteiger partial charge in [0.1, 0.15) is 11.5 Å². The average Bonchev–Trinajstić information content (AvgIpc) is 2.88. The highest BCUT2D eigenvalue weighted by atomic mass is 32.2. The van der Waals surface area contributed by atoms with Gasteiger partial charge in [0.05, 0.1) is 9.82 Å². The Bertz CT molecular complexity index is 1290. The molecular weight excluding hydrogens is 507 g/mol. The molecule has 0 amide bonds. The summed E-state index contributed by atoms with van der Waals surface area (Å²) in [6.45, 7) is 3.68. The van der Waals surface area contributed by atoms with Crippen molar-refractivity contribution in [1.82, 2.24) is 4.31 Å². The van der Waals surface area contributed by atoms with Crippen molar-refractivity contribution in [3.05, 3.63) is 58.4 Å². The van der Waals surface area contributed by atoms with Gasteiger partial charge in [0, 0.05) is 44.0 Å². The van der Waals surface area contributed by atoms with Crippen molar-refractivity contribution < 1.29 is 17.7 Å². The molecule has 10 heteroatoms. The summed E-state index contributed by atoms with van der Waals surface area (Å²) in [6.07, 6.45) is 7.70. The molecule has 8 nitrogen and oxygen atoms in total. The average molecular weight is 543 g/mol. The van der Waals surface area contributed by atoms with E-state index in [1.165, 1.54) is 55.0 Å². The van der Waals surface area contributed by atoms with Crippen molar-refractivity contribution >= 4 is 27.1 Å². The molecule has 0 spiro atoms. The first kappa shape index (κ1) is 25.6. The summed E-state index contributed by atoms with van der Waals surface area (Å²) in [5.74, 6) is 1.92. The van der Waals surface area contributed by atoms with Gasteiger partial charge >= 0.3 is 0 Å². The molecule has 0 aromatic heterocycles. The number of anilines is 2. The lowest BCUT2D eigenvalue weighted by atomic mass is 9.48. The summed E-state index contributed by atoms with van der Waals surface area (Å²) in [7, 11) is -3.71. The molecule has 204 valence electrons. The Morgan fingerprint density at radius 2 is 1.55 bits per heavy atom. The normalized spacial score (nSPS) is 29.8. The van der Waals surface area contributed by atoms with Crippen molar-refractivity contribution in [2.24, 2.45) is 23.2 Å². The summed E-state index contributed by atoms with van der Waals surface area (Å²) >= 11 is 0. The molecule has 1 aliphatic heterocycles. The number of halogens is 1. The van der Waals surface area contributed by atoms with Crippen LogP contribution in [0.15, 0.2) is 47.4 Å². The van der Waals surface area contributed by atoms with Crippen LogP contribution >= 0.6 is 0 Å². The van der Waals surface area contributed by atoms with E-state index in [0.29, 0.717) is 18.8 Å². The molecule has 2 aromatic carbocycles. The summed E-state index contributed by atoms with van der Waals surface area (Å²) < 4.78 is 40.7.